The van der Waals surface area contributed by atoms with Crippen molar-refractivity contribution in [3.63, 3.8) is 0 Å². The highest BCUT2D eigenvalue weighted by molar-refractivity contribution is 5.49. The smallest absolute Gasteiger partial charge is 0.0162 e. The molecule has 1 fully saturated rings. The van der Waals surface area contributed by atoms with Gasteiger partial charge in [-0.2, -0.15) is 0 Å². The molecule has 1 heteroatoms. The molecule has 1 heterocycles. The van der Waals surface area contributed by atoms with Crippen LogP contribution in [0.15, 0.2) is 35.5 Å². The van der Waals surface area contributed by atoms with E-state index in [1.165, 1.54) is 38.8 Å². The molecule has 0 saturated carbocycles. The fraction of sp³-hybridized carbons (Fsp3) is 0.571. The number of nitrogens with zero attached hydrogens (tertiary/aromatic N) is 1. The number of hydrogen-bond acceptors (Lipinski definition) is 1. The normalized spacial score (nSPS) is 28.9. The molecule has 80 valence electrons. The van der Waals surface area contributed by atoms with Crippen molar-refractivity contribution in [3.8, 4) is 0 Å². The van der Waals surface area contributed by atoms with Crippen molar-refractivity contribution in [3.05, 3.63) is 35.5 Å². The molecule has 2 aliphatic carbocycles. The lowest BCUT2D eigenvalue weighted by atomic mass is 9.73. The highest BCUT2D eigenvalue weighted by Crippen LogP contribution is 2.48. The molecule has 0 aromatic heterocycles. The minimum Gasteiger partial charge on any atom is -0.306 e. The summed E-state index contributed by atoms with van der Waals surface area (Å²) in [6, 6.07) is 0. The van der Waals surface area contributed by atoms with E-state index in [0.717, 1.165) is 0 Å². The van der Waals surface area contributed by atoms with E-state index < -0.39 is 0 Å². The zero-order chi connectivity index (χ0) is 10.3. The van der Waals surface area contributed by atoms with Gasteiger partial charge in [0.2, 0.25) is 0 Å². The van der Waals surface area contributed by atoms with E-state index in [2.05, 4.69) is 36.3 Å². The first-order valence-electron chi connectivity index (χ1n) is 6.08. The molecule has 0 N–H and O–H groups in total. The topological polar surface area (TPSA) is 3.24 Å². The standard InChI is InChI=1S/C14H19N/c1-15-10-8-14(9-11-15)7-6-12-4-2-3-5-13(12)14/h3,5-7H,2,4,8-11H2,1H3. The van der Waals surface area contributed by atoms with Crippen molar-refractivity contribution in [2.45, 2.75) is 25.7 Å². The Kier molecular flexibility index (Phi) is 2.10. The lowest BCUT2D eigenvalue weighted by Crippen LogP contribution is -2.37. The van der Waals surface area contributed by atoms with E-state index in [9.17, 15) is 0 Å². The van der Waals surface area contributed by atoms with E-state index in [1.54, 1.807) is 11.1 Å². The highest BCUT2D eigenvalue weighted by atomic mass is 15.1. The van der Waals surface area contributed by atoms with Gasteiger partial charge < -0.3 is 4.90 Å². The molecular weight excluding hydrogens is 182 g/mol. The summed E-state index contributed by atoms with van der Waals surface area (Å²) in [6.07, 6.45) is 14.7. The summed E-state index contributed by atoms with van der Waals surface area (Å²) < 4.78 is 0. The first kappa shape index (κ1) is 9.41. The van der Waals surface area contributed by atoms with E-state index in [0.29, 0.717) is 5.41 Å². The van der Waals surface area contributed by atoms with Crippen LogP contribution >= 0.6 is 0 Å². The molecule has 1 nitrogen and oxygen atoms in total. The predicted molar refractivity (Wildman–Crippen MR) is 63.7 cm³/mol. The van der Waals surface area contributed by atoms with Gasteiger partial charge in [-0.3, -0.25) is 0 Å². The van der Waals surface area contributed by atoms with Gasteiger partial charge in [0.05, 0.1) is 0 Å². The molecule has 1 saturated heterocycles. The van der Waals surface area contributed by atoms with Crippen LogP contribution in [0.5, 0.6) is 0 Å². The number of hydrogen-bond donors (Lipinski definition) is 0. The van der Waals surface area contributed by atoms with Gasteiger partial charge in [-0.05, 0) is 57.0 Å². The predicted octanol–water partition coefficient (Wildman–Crippen LogP) is 2.91. The Morgan fingerprint density at radius 2 is 2.00 bits per heavy atom. The SMILES string of the molecule is CN1CCC2(C=CC3=C2C=CCC3)CC1. The average Bonchev–Trinajstić information content (AvgIpc) is 2.63. The third-order valence-corrected chi connectivity index (χ3v) is 4.23. The van der Waals surface area contributed by atoms with Crippen LogP contribution in [0.25, 0.3) is 0 Å². The third-order valence-electron chi connectivity index (χ3n) is 4.23. The van der Waals surface area contributed by atoms with Gasteiger partial charge in [0.25, 0.3) is 0 Å². The van der Waals surface area contributed by atoms with Crippen LogP contribution < -0.4 is 0 Å². The lowest BCUT2D eigenvalue weighted by molar-refractivity contribution is 0.196. The van der Waals surface area contributed by atoms with Crippen molar-refractivity contribution in [2.75, 3.05) is 20.1 Å². The molecule has 0 unspecified atom stereocenters. The van der Waals surface area contributed by atoms with Crippen LogP contribution in [0, 0.1) is 5.41 Å². The molecule has 15 heavy (non-hydrogen) atoms. The monoisotopic (exact) mass is 201 g/mol. The summed E-state index contributed by atoms with van der Waals surface area (Å²) in [5.41, 5.74) is 3.67. The minimum absolute atomic E-state index is 0.415. The van der Waals surface area contributed by atoms with Crippen molar-refractivity contribution >= 4 is 0 Å². The van der Waals surface area contributed by atoms with Gasteiger partial charge in [0.15, 0.2) is 0 Å². The molecule has 1 aliphatic heterocycles. The number of likely N-dealkylation sites (tertiary alicyclic amines) is 1. The van der Waals surface area contributed by atoms with Gasteiger partial charge >= 0.3 is 0 Å². The van der Waals surface area contributed by atoms with Gasteiger partial charge in [0, 0.05) is 5.41 Å². The van der Waals surface area contributed by atoms with Gasteiger partial charge in [-0.1, -0.05) is 24.3 Å². The minimum atomic E-state index is 0.415. The summed E-state index contributed by atoms with van der Waals surface area (Å²) in [6.45, 7) is 2.49. The van der Waals surface area contributed by atoms with Gasteiger partial charge in [-0.25, -0.2) is 0 Å². The Hall–Kier alpha value is -0.820. The maximum absolute atomic E-state index is 2.49. The summed E-state index contributed by atoms with van der Waals surface area (Å²) in [4.78, 5) is 2.45. The van der Waals surface area contributed by atoms with Crippen LogP contribution in [0.4, 0.5) is 0 Å². The molecule has 0 bridgehead atoms. The first-order chi connectivity index (χ1) is 7.30. The average molecular weight is 201 g/mol. The number of piperidine rings is 1. The molecule has 3 rings (SSSR count). The van der Waals surface area contributed by atoms with Crippen LogP contribution in [-0.2, 0) is 0 Å². The zero-order valence-electron chi connectivity index (χ0n) is 9.50. The first-order valence-corrected chi connectivity index (χ1v) is 6.08. The van der Waals surface area contributed by atoms with E-state index in [-0.39, 0.29) is 0 Å². The van der Waals surface area contributed by atoms with Crippen LogP contribution in [0.1, 0.15) is 25.7 Å². The second-order valence-electron chi connectivity index (χ2n) is 5.17. The molecule has 3 aliphatic rings. The summed E-state index contributed by atoms with van der Waals surface area (Å²) in [5.74, 6) is 0. The Morgan fingerprint density at radius 3 is 2.80 bits per heavy atom. The molecule has 0 amide bonds. The Morgan fingerprint density at radius 1 is 1.20 bits per heavy atom. The van der Waals surface area contributed by atoms with E-state index >= 15 is 0 Å². The van der Waals surface area contributed by atoms with Crippen molar-refractivity contribution in [1.82, 2.24) is 4.90 Å². The fourth-order valence-electron chi connectivity index (χ4n) is 3.14. The maximum atomic E-state index is 2.49. The molecule has 1 spiro atoms. The number of allylic oxidation sites excluding steroid dienone is 6. The quantitative estimate of drug-likeness (QED) is 0.582. The Balaban J connectivity index is 1.91. The summed E-state index contributed by atoms with van der Waals surface area (Å²) >= 11 is 0. The van der Waals surface area contributed by atoms with E-state index in [4.69, 9.17) is 0 Å². The molecular formula is C14H19N. The number of fused-ring (bicyclic) bond motifs is 1. The lowest BCUT2D eigenvalue weighted by Gasteiger charge is -2.38. The molecule has 0 atom stereocenters. The fourth-order valence-corrected chi connectivity index (χ4v) is 3.14. The van der Waals surface area contributed by atoms with Crippen molar-refractivity contribution in [2.24, 2.45) is 5.41 Å². The van der Waals surface area contributed by atoms with Gasteiger partial charge in [0.1, 0.15) is 0 Å². The van der Waals surface area contributed by atoms with Crippen LogP contribution in [0.3, 0.4) is 0 Å². The second-order valence-corrected chi connectivity index (χ2v) is 5.17. The zero-order valence-corrected chi connectivity index (χ0v) is 9.50. The van der Waals surface area contributed by atoms with Gasteiger partial charge in [-0.15, -0.1) is 0 Å². The van der Waals surface area contributed by atoms with E-state index in [1.807, 2.05) is 0 Å². The summed E-state index contributed by atoms with van der Waals surface area (Å²) in [7, 11) is 2.23. The maximum Gasteiger partial charge on any atom is 0.0162 e. The Bertz CT molecular complexity index is 352. The second kappa shape index (κ2) is 3.34. The highest BCUT2D eigenvalue weighted by Gasteiger charge is 2.38. The third kappa shape index (κ3) is 1.41. The number of rotatable bonds is 0. The van der Waals surface area contributed by atoms with Crippen molar-refractivity contribution < 1.29 is 0 Å². The largest absolute Gasteiger partial charge is 0.306 e. The molecule has 0 aromatic carbocycles. The molecule has 0 radical (unpaired) electrons. The Labute approximate surface area is 92.2 Å². The molecule has 0 aromatic rings. The summed E-state index contributed by atoms with van der Waals surface area (Å²) in [5, 5.41) is 0. The van der Waals surface area contributed by atoms with Crippen LogP contribution in [-0.4, -0.2) is 25.0 Å². The van der Waals surface area contributed by atoms with Crippen molar-refractivity contribution in [1.29, 1.82) is 0 Å². The van der Waals surface area contributed by atoms with Crippen LogP contribution in [0.2, 0.25) is 0 Å².